The average molecular weight is 325 g/mol. The Morgan fingerprint density at radius 3 is 2.62 bits per heavy atom. The number of esters is 1. The first-order valence-corrected chi connectivity index (χ1v) is 7.46. The highest BCUT2D eigenvalue weighted by molar-refractivity contribution is 5.88. The Bertz CT molecular complexity index is 875. The van der Waals surface area contributed by atoms with Crippen molar-refractivity contribution in [2.45, 2.75) is 20.5 Å². The summed E-state index contributed by atoms with van der Waals surface area (Å²) in [4.78, 5) is 12.2. The topological polar surface area (TPSA) is 57.0 Å². The van der Waals surface area contributed by atoms with E-state index in [4.69, 9.17) is 4.74 Å². The molecular weight excluding hydrogens is 309 g/mol. The van der Waals surface area contributed by atoms with Gasteiger partial charge >= 0.3 is 5.97 Å². The zero-order chi connectivity index (χ0) is 17.1. The maximum atomic E-state index is 13.2. The minimum Gasteiger partial charge on any atom is -0.456 e. The lowest BCUT2D eigenvalue weighted by Crippen LogP contribution is -2.08. The van der Waals surface area contributed by atoms with Gasteiger partial charge in [-0.05, 0) is 43.2 Å². The van der Waals surface area contributed by atoms with Gasteiger partial charge in [0.25, 0.3) is 0 Å². The third-order valence-corrected chi connectivity index (χ3v) is 3.69. The second-order valence-corrected chi connectivity index (χ2v) is 5.43. The molecule has 24 heavy (non-hydrogen) atoms. The van der Waals surface area contributed by atoms with E-state index in [1.165, 1.54) is 16.8 Å². The Kier molecular flexibility index (Phi) is 4.37. The van der Waals surface area contributed by atoms with Crippen molar-refractivity contribution < 1.29 is 13.9 Å². The lowest BCUT2D eigenvalue weighted by atomic mass is 10.2. The molecule has 0 aliphatic heterocycles. The number of rotatable bonds is 4. The molecule has 0 unspecified atom stereocenters. The highest BCUT2D eigenvalue weighted by atomic mass is 19.1. The number of carbonyl (C=O) groups is 1. The summed E-state index contributed by atoms with van der Waals surface area (Å²) in [5, 5.41) is 7.91. The maximum absolute atomic E-state index is 13.2. The van der Waals surface area contributed by atoms with Crippen LogP contribution in [-0.4, -0.2) is 21.0 Å². The molecule has 0 bridgehead atoms. The van der Waals surface area contributed by atoms with Gasteiger partial charge in [0, 0.05) is 0 Å². The Morgan fingerprint density at radius 2 is 1.92 bits per heavy atom. The summed E-state index contributed by atoms with van der Waals surface area (Å²) in [7, 11) is 0. The Hall–Kier alpha value is -3.02. The molecule has 0 saturated heterocycles. The van der Waals surface area contributed by atoms with Gasteiger partial charge in [-0.3, -0.25) is 0 Å². The monoisotopic (exact) mass is 325 g/mol. The van der Waals surface area contributed by atoms with Crippen LogP contribution in [0.2, 0.25) is 0 Å². The molecule has 0 aliphatic carbocycles. The molecule has 0 amide bonds. The predicted octanol–water partition coefficient (Wildman–Crippen LogP) is 3.38. The Morgan fingerprint density at radius 1 is 1.17 bits per heavy atom. The molecule has 3 aromatic rings. The van der Waals surface area contributed by atoms with Gasteiger partial charge in [0.15, 0.2) is 5.69 Å². The number of hydrogen-bond acceptors (Lipinski definition) is 4. The van der Waals surface area contributed by atoms with Gasteiger partial charge in [-0.15, -0.1) is 5.10 Å². The molecule has 5 nitrogen and oxygen atoms in total. The van der Waals surface area contributed by atoms with E-state index in [-0.39, 0.29) is 18.1 Å². The van der Waals surface area contributed by atoms with Crippen molar-refractivity contribution in [3.05, 3.63) is 76.9 Å². The first kappa shape index (κ1) is 15.9. The van der Waals surface area contributed by atoms with E-state index in [2.05, 4.69) is 10.3 Å². The minimum atomic E-state index is -0.539. The summed E-state index contributed by atoms with van der Waals surface area (Å²) in [6, 6.07) is 13.7. The first-order chi connectivity index (χ1) is 11.6. The summed E-state index contributed by atoms with van der Waals surface area (Å²) in [5.41, 5.74) is 2.96. The van der Waals surface area contributed by atoms with Crippen LogP contribution in [0.25, 0.3) is 5.69 Å². The Balaban J connectivity index is 1.80. The standard InChI is InChI=1S/C18H16FN3O2/c1-12-10-15(19)8-9-16(12)22-13(2)17(20-21-22)18(23)24-11-14-6-4-3-5-7-14/h3-10H,11H2,1-2H3. The van der Waals surface area contributed by atoms with Crippen LogP contribution >= 0.6 is 0 Å². The van der Waals surface area contributed by atoms with E-state index in [0.717, 1.165) is 5.56 Å². The molecule has 3 rings (SSSR count). The third kappa shape index (κ3) is 3.17. The SMILES string of the molecule is Cc1cc(F)ccc1-n1nnc(C(=O)OCc2ccccc2)c1C. The van der Waals surface area contributed by atoms with E-state index in [1.807, 2.05) is 30.3 Å². The van der Waals surface area contributed by atoms with Gasteiger partial charge < -0.3 is 4.74 Å². The minimum absolute atomic E-state index is 0.148. The summed E-state index contributed by atoms with van der Waals surface area (Å²) >= 11 is 0. The van der Waals surface area contributed by atoms with Crippen LogP contribution in [0.5, 0.6) is 0 Å². The first-order valence-electron chi connectivity index (χ1n) is 7.46. The van der Waals surface area contributed by atoms with Crippen molar-refractivity contribution in [2.75, 3.05) is 0 Å². The van der Waals surface area contributed by atoms with E-state index in [1.54, 1.807) is 19.9 Å². The third-order valence-electron chi connectivity index (χ3n) is 3.69. The number of nitrogens with zero attached hydrogens (tertiary/aromatic N) is 3. The number of hydrogen-bond donors (Lipinski definition) is 0. The van der Waals surface area contributed by atoms with Crippen LogP contribution < -0.4 is 0 Å². The second kappa shape index (κ2) is 6.62. The molecule has 0 atom stereocenters. The fraction of sp³-hybridized carbons (Fsp3) is 0.167. The van der Waals surface area contributed by atoms with Crippen molar-refractivity contribution in [1.82, 2.24) is 15.0 Å². The number of ether oxygens (including phenoxy) is 1. The van der Waals surface area contributed by atoms with E-state index in [0.29, 0.717) is 16.9 Å². The molecule has 0 N–H and O–H groups in total. The maximum Gasteiger partial charge on any atom is 0.361 e. The zero-order valence-corrected chi connectivity index (χ0v) is 13.4. The molecule has 1 heterocycles. The normalized spacial score (nSPS) is 10.6. The van der Waals surface area contributed by atoms with Gasteiger partial charge in [0.2, 0.25) is 0 Å². The van der Waals surface area contributed by atoms with Crippen LogP contribution in [-0.2, 0) is 11.3 Å². The fourth-order valence-electron chi connectivity index (χ4n) is 2.39. The van der Waals surface area contributed by atoms with E-state index in [9.17, 15) is 9.18 Å². The largest absolute Gasteiger partial charge is 0.456 e. The molecule has 2 aromatic carbocycles. The average Bonchev–Trinajstić information content (AvgIpc) is 2.95. The van der Waals surface area contributed by atoms with Gasteiger partial charge in [0.05, 0.1) is 11.4 Å². The number of benzene rings is 2. The fourth-order valence-corrected chi connectivity index (χ4v) is 2.39. The second-order valence-electron chi connectivity index (χ2n) is 5.43. The number of aryl methyl sites for hydroxylation is 1. The number of halogens is 1. The van der Waals surface area contributed by atoms with Crippen LogP contribution in [0.3, 0.4) is 0 Å². The van der Waals surface area contributed by atoms with Crippen molar-refractivity contribution >= 4 is 5.97 Å². The molecular formula is C18H16FN3O2. The van der Waals surface area contributed by atoms with Crippen molar-refractivity contribution in [2.24, 2.45) is 0 Å². The van der Waals surface area contributed by atoms with Crippen LogP contribution in [0.4, 0.5) is 4.39 Å². The highest BCUT2D eigenvalue weighted by Crippen LogP contribution is 2.18. The van der Waals surface area contributed by atoms with E-state index < -0.39 is 5.97 Å². The van der Waals surface area contributed by atoms with Gasteiger partial charge in [0.1, 0.15) is 12.4 Å². The van der Waals surface area contributed by atoms with Gasteiger partial charge in [-0.1, -0.05) is 35.5 Å². The molecule has 0 aliphatic rings. The summed E-state index contributed by atoms with van der Waals surface area (Å²) in [6.07, 6.45) is 0. The van der Waals surface area contributed by atoms with Crippen molar-refractivity contribution in [3.63, 3.8) is 0 Å². The van der Waals surface area contributed by atoms with Crippen molar-refractivity contribution in [3.8, 4) is 5.69 Å². The lowest BCUT2D eigenvalue weighted by molar-refractivity contribution is 0.0464. The lowest BCUT2D eigenvalue weighted by Gasteiger charge is -2.07. The molecule has 122 valence electrons. The molecule has 0 radical (unpaired) electrons. The van der Waals surface area contributed by atoms with E-state index >= 15 is 0 Å². The molecule has 0 spiro atoms. The molecule has 0 fully saturated rings. The number of carbonyl (C=O) groups excluding carboxylic acids is 1. The smallest absolute Gasteiger partial charge is 0.361 e. The predicted molar refractivity (Wildman–Crippen MR) is 86.4 cm³/mol. The highest BCUT2D eigenvalue weighted by Gasteiger charge is 2.19. The van der Waals surface area contributed by atoms with Crippen LogP contribution in [0, 0.1) is 19.7 Å². The van der Waals surface area contributed by atoms with Crippen molar-refractivity contribution in [1.29, 1.82) is 0 Å². The number of aromatic nitrogens is 3. The quantitative estimate of drug-likeness (QED) is 0.690. The van der Waals surface area contributed by atoms with Crippen LogP contribution in [0.15, 0.2) is 48.5 Å². The summed E-state index contributed by atoms with van der Waals surface area (Å²) in [5.74, 6) is -0.862. The molecule has 6 heteroatoms. The van der Waals surface area contributed by atoms with Gasteiger partial charge in [-0.2, -0.15) is 0 Å². The summed E-state index contributed by atoms with van der Waals surface area (Å²) < 4.78 is 20.0. The molecule has 0 saturated carbocycles. The van der Waals surface area contributed by atoms with Gasteiger partial charge in [-0.25, -0.2) is 13.9 Å². The molecule has 1 aromatic heterocycles. The zero-order valence-electron chi connectivity index (χ0n) is 13.4. The summed E-state index contributed by atoms with van der Waals surface area (Å²) in [6.45, 7) is 3.66. The Labute approximate surface area is 138 Å². The van der Waals surface area contributed by atoms with Crippen LogP contribution in [0.1, 0.15) is 27.3 Å².